The van der Waals surface area contributed by atoms with Crippen molar-refractivity contribution in [3.8, 4) is 0 Å². The Labute approximate surface area is 187 Å². The summed E-state index contributed by atoms with van der Waals surface area (Å²) >= 11 is 1.57. The van der Waals surface area contributed by atoms with E-state index in [1.165, 1.54) is 0 Å². The van der Waals surface area contributed by atoms with Crippen molar-refractivity contribution in [2.45, 2.75) is 77.0 Å². The van der Waals surface area contributed by atoms with Crippen LogP contribution in [0.4, 0.5) is 4.79 Å². The summed E-state index contributed by atoms with van der Waals surface area (Å²) in [7, 11) is 0. The molecule has 0 aliphatic heterocycles. The monoisotopic (exact) mass is 447 g/mol. The number of fused-ring (bicyclic) bond motifs is 1. The molecule has 31 heavy (non-hydrogen) atoms. The molecule has 1 fully saturated rings. The van der Waals surface area contributed by atoms with E-state index in [1.54, 1.807) is 11.3 Å². The molecule has 1 aliphatic carbocycles. The molecule has 0 bridgehead atoms. The average molecular weight is 448 g/mol. The lowest BCUT2D eigenvalue weighted by molar-refractivity contribution is -0.126. The van der Waals surface area contributed by atoms with Gasteiger partial charge in [0.2, 0.25) is 5.91 Å². The molecule has 0 unspecified atom stereocenters. The lowest BCUT2D eigenvalue weighted by Gasteiger charge is -2.35. The van der Waals surface area contributed by atoms with Gasteiger partial charge in [-0.3, -0.25) is 4.79 Å². The van der Waals surface area contributed by atoms with Crippen LogP contribution in [0.5, 0.6) is 0 Å². The van der Waals surface area contributed by atoms with Gasteiger partial charge in [0.15, 0.2) is 0 Å². The number of carbonyl (C=O) groups excluding carboxylic acids is 2. The number of hydrogen-bond donors (Lipinski definition) is 2. The molecule has 1 aromatic heterocycles. The van der Waals surface area contributed by atoms with Crippen LogP contribution in [0.1, 0.15) is 64.3 Å². The van der Waals surface area contributed by atoms with E-state index < -0.39 is 17.2 Å². The maximum Gasteiger partial charge on any atom is 0.408 e. The van der Waals surface area contributed by atoms with Gasteiger partial charge in [-0.05, 0) is 45.7 Å². The highest BCUT2D eigenvalue weighted by atomic mass is 32.1. The van der Waals surface area contributed by atoms with Gasteiger partial charge in [-0.2, -0.15) is 0 Å². The second-order valence-electron chi connectivity index (χ2n) is 9.17. The zero-order chi connectivity index (χ0) is 22.3. The number of amides is 2. The minimum absolute atomic E-state index is 0.0432. The molecule has 1 aromatic carbocycles. The smallest absolute Gasteiger partial charge is 0.408 e. The van der Waals surface area contributed by atoms with Crippen LogP contribution in [0.25, 0.3) is 10.2 Å². The van der Waals surface area contributed by atoms with Crippen molar-refractivity contribution in [1.29, 1.82) is 0 Å². The predicted molar refractivity (Wildman–Crippen MR) is 122 cm³/mol. The van der Waals surface area contributed by atoms with E-state index in [2.05, 4.69) is 15.6 Å². The predicted octanol–water partition coefficient (Wildman–Crippen LogP) is 4.55. The molecule has 0 spiro atoms. The fourth-order valence-electron chi connectivity index (χ4n) is 3.80. The Hall–Kier alpha value is -2.19. The zero-order valence-electron chi connectivity index (χ0n) is 18.7. The third kappa shape index (κ3) is 7.47. The van der Waals surface area contributed by atoms with Crippen LogP contribution in [-0.4, -0.2) is 41.3 Å². The summed E-state index contributed by atoms with van der Waals surface area (Å²) in [6.45, 7) is 6.16. The molecule has 2 aromatic rings. The molecule has 0 atom stereocenters. The van der Waals surface area contributed by atoms with Crippen LogP contribution < -0.4 is 10.6 Å². The number of alkyl carbamates (subject to hydrolysis) is 1. The van der Waals surface area contributed by atoms with Crippen LogP contribution in [0.3, 0.4) is 0 Å². The molecule has 0 saturated heterocycles. The Morgan fingerprint density at radius 1 is 1.13 bits per heavy atom. The first-order chi connectivity index (χ1) is 14.7. The maximum absolute atomic E-state index is 12.4. The SMILES string of the molecule is CC(C)(C)OC(=O)NC1(CNC(=O)COCc2nc3ccccc3s2)CCCCCC1. The lowest BCUT2D eigenvalue weighted by atomic mass is 9.90. The topological polar surface area (TPSA) is 89.6 Å². The molecular weight excluding hydrogens is 414 g/mol. The number of rotatable bonds is 7. The standard InChI is InChI=1S/C23H33N3O4S/c1-22(2,3)30-21(28)26-23(12-8-4-5-9-13-23)16-24-19(27)14-29-15-20-25-17-10-6-7-11-18(17)31-20/h6-7,10-11H,4-5,8-9,12-16H2,1-3H3,(H,24,27)(H,26,28). The number of ether oxygens (including phenoxy) is 2. The zero-order valence-corrected chi connectivity index (χ0v) is 19.5. The summed E-state index contributed by atoms with van der Waals surface area (Å²) in [4.78, 5) is 29.3. The first-order valence-electron chi connectivity index (χ1n) is 10.9. The molecule has 8 heteroatoms. The highest BCUT2D eigenvalue weighted by Crippen LogP contribution is 2.27. The van der Waals surface area contributed by atoms with Crippen molar-refractivity contribution >= 4 is 33.6 Å². The number of thiazole rings is 1. The van der Waals surface area contributed by atoms with E-state index in [0.717, 1.165) is 53.7 Å². The molecule has 2 N–H and O–H groups in total. The molecular formula is C23H33N3O4S. The number of nitrogens with zero attached hydrogens (tertiary/aromatic N) is 1. The molecule has 2 amide bonds. The quantitative estimate of drug-likeness (QED) is 0.608. The Morgan fingerprint density at radius 3 is 2.52 bits per heavy atom. The van der Waals surface area contributed by atoms with Crippen molar-refractivity contribution in [3.05, 3.63) is 29.3 Å². The van der Waals surface area contributed by atoms with Crippen molar-refractivity contribution in [1.82, 2.24) is 15.6 Å². The van der Waals surface area contributed by atoms with E-state index in [-0.39, 0.29) is 12.5 Å². The molecule has 7 nitrogen and oxygen atoms in total. The van der Waals surface area contributed by atoms with Gasteiger partial charge < -0.3 is 20.1 Å². The van der Waals surface area contributed by atoms with E-state index in [0.29, 0.717) is 13.2 Å². The summed E-state index contributed by atoms with van der Waals surface area (Å²) in [6.07, 6.45) is 5.50. The Kier molecular flexibility index (Phi) is 7.89. The van der Waals surface area contributed by atoms with Gasteiger partial charge in [0.05, 0.1) is 22.4 Å². The number of benzene rings is 1. The second-order valence-corrected chi connectivity index (χ2v) is 10.3. The summed E-state index contributed by atoms with van der Waals surface area (Å²) in [6, 6.07) is 7.92. The third-order valence-corrected chi connectivity index (χ3v) is 6.26. The van der Waals surface area contributed by atoms with E-state index in [4.69, 9.17) is 9.47 Å². The average Bonchev–Trinajstić information content (AvgIpc) is 2.96. The highest BCUT2D eigenvalue weighted by molar-refractivity contribution is 7.18. The number of aromatic nitrogens is 1. The highest BCUT2D eigenvalue weighted by Gasteiger charge is 2.34. The fraction of sp³-hybridized carbons (Fsp3) is 0.609. The molecule has 1 aliphatic rings. The Balaban J connectivity index is 1.50. The van der Waals surface area contributed by atoms with Crippen molar-refractivity contribution in [2.75, 3.05) is 13.2 Å². The summed E-state index contributed by atoms with van der Waals surface area (Å²) in [5, 5.41) is 6.85. The summed E-state index contributed by atoms with van der Waals surface area (Å²) < 4.78 is 12.1. The van der Waals surface area contributed by atoms with Gasteiger partial charge in [0.25, 0.3) is 0 Å². The largest absolute Gasteiger partial charge is 0.444 e. The third-order valence-electron chi connectivity index (χ3n) is 5.25. The maximum atomic E-state index is 12.4. The fourth-order valence-corrected chi connectivity index (χ4v) is 4.71. The van der Waals surface area contributed by atoms with Crippen molar-refractivity contribution in [2.24, 2.45) is 0 Å². The van der Waals surface area contributed by atoms with Gasteiger partial charge in [0, 0.05) is 6.54 Å². The number of hydrogen-bond acceptors (Lipinski definition) is 6. The van der Waals surface area contributed by atoms with E-state index in [1.807, 2.05) is 45.0 Å². The molecule has 3 rings (SSSR count). The van der Waals surface area contributed by atoms with Gasteiger partial charge >= 0.3 is 6.09 Å². The van der Waals surface area contributed by atoms with E-state index >= 15 is 0 Å². The molecule has 170 valence electrons. The van der Waals surface area contributed by atoms with Crippen molar-refractivity contribution < 1.29 is 19.1 Å². The minimum Gasteiger partial charge on any atom is -0.444 e. The first-order valence-corrected chi connectivity index (χ1v) is 11.8. The van der Waals surface area contributed by atoms with E-state index in [9.17, 15) is 9.59 Å². The number of nitrogens with one attached hydrogen (secondary N) is 2. The van der Waals surface area contributed by atoms with Gasteiger partial charge in [-0.25, -0.2) is 9.78 Å². The summed E-state index contributed by atoms with van der Waals surface area (Å²) in [5.41, 5.74) is -0.103. The second kappa shape index (κ2) is 10.4. The number of carbonyl (C=O) groups is 2. The molecule has 1 saturated carbocycles. The van der Waals surface area contributed by atoms with Crippen LogP contribution in [0.2, 0.25) is 0 Å². The van der Waals surface area contributed by atoms with Crippen LogP contribution >= 0.6 is 11.3 Å². The van der Waals surface area contributed by atoms with Crippen LogP contribution in [0, 0.1) is 0 Å². The first kappa shape index (κ1) is 23.5. The van der Waals surface area contributed by atoms with Gasteiger partial charge in [0.1, 0.15) is 17.2 Å². The normalized spacial score (nSPS) is 16.5. The minimum atomic E-state index is -0.562. The summed E-state index contributed by atoms with van der Waals surface area (Å²) in [5.74, 6) is -0.198. The van der Waals surface area contributed by atoms with Crippen LogP contribution in [0.15, 0.2) is 24.3 Å². The van der Waals surface area contributed by atoms with Crippen LogP contribution in [-0.2, 0) is 20.9 Å². The van der Waals surface area contributed by atoms with Gasteiger partial charge in [-0.1, -0.05) is 37.8 Å². The lowest BCUT2D eigenvalue weighted by Crippen LogP contribution is -2.56. The Morgan fingerprint density at radius 2 is 1.84 bits per heavy atom. The molecule has 0 radical (unpaired) electrons. The van der Waals surface area contributed by atoms with Gasteiger partial charge in [-0.15, -0.1) is 11.3 Å². The Bertz CT molecular complexity index is 849. The van der Waals surface area contributed by atoms with Crippen molar-refractivity contribution in [3.63, 3.8) is 0 Å². The number of para-hydroxylation sites is 1. The molecule has 1 heterocycles.